The molecule has 0 heterocycles. The third-order valence-electron chi connectivity index (χ3n) is 1.35. The maximum Gasteiger partial charge on any atom is 0.327 e. The van der Waals surface area contributed by atoms with Gasteiger partial charge in [-0.3, -0.25) is 4.79 Å². The van der Waals surface area contributed by atoms with E-state index in [9.17, 15) is 9.59 Å². The molecule has 0 radical (unpaired) electrons. The van der Waals surface area contributed by atoms with Crippen LogP contribution >= 0.6 is 0 Å². The number of ether oxygens (including phenoxy) is 1. The maximum atomic E-state index is 10.8. The van der Waals surface area contributed by atoms with Crippen molar-refractivity contribution in [2.24, 2.45) is 5.92 Å². The molecule has 0 fully saturated rings. The van der Waals surface area contributed by atoms with Crippen molar-refractivity contribution in [3.63, 3.8) is 0 Å². The highest BCUT2D eigenvalue weighted by atomic mass is 16.5. The van der Waals surface area contributed by atoms with Gasteiger partial charge in [0.2, 0.25) is 0 Å². The molecule has 0 aromatic carbocycles. The minimum atomic E-state index is -1.01. The molecule has 0 aliphatic rings. The van der Waals surface area contributed by atoms with Gasteiger partial charge in [0.05, 0.1) is 13.0 Å². The number of hydrogen-bond donors (Lipinski definition) is 1. The molecule has 0 aromatic heterocycles. The molecule has 0 saturated carbocycles. The Kier molecular flexibility index (Phi) is 4.76. The number of methoxy groups -OCH3 is 1. The number of carboxylic acids is 1. The van der Waals surface area contributed by atoms with E-state index in [2.05, 4.69) is 4.74 Å². The summed E-state index contributed by atoms with van der Waals surface area (Å²) < 4.78 is 4.45. The number of allylic oxidation sites excluding steroid dienone is 1. The van der Waals surface area contributed by atoms with Crippen LogP contribution in [0.1, 0.15) is 13.3 Å². The Balaban J connectivity index is 3.78. The largest absolute Gasteiger partial charge is 0.478 e. The molecule has 1 N–H and O–H groups in total. The van der Waals surface area contributed by atoms with E-state index in [1.165, 1.54) is 13.2 Å². The molecule has 1 atom stereocenters. The van der Waals surface area contributed by atoms with Gasteiger partial charge < -0.3 is 9.84 Å². The molecule has 68 valence electrons. The van der Waals surface area contributed by atoms with E-state index in [-0.39, 0.29) is 11.9 Å². The summed E-state index contributed by atoms with van der Waals surface area (Å²) in [6.45, 7) is 1.68. The predicted octanol–water partition coefficient (Wildman–Crippen LogP) is 0.826. The van der Waals surface area contributed by atoms with Crippen molar-refractivity contribution >= 4 is 11.9 Å². The normalized spacial score (nSPS) is 12.8. The molecule has 0 rings (SSSR count). The van der Waals surface area contributed by atoms with E-state index in [1.807, 2.05) is 0 Å². The molecule has 0 aliphatic carbocycles. The maximum absolute atomic E-state index is 10.8. The smallest absolute Gasteiger partial charge is 0.327 e. The summed E-state index contributed by atoms with van der Waals surface area (Å²) in [4.78, 5) is 20.8. The van der Waals surface area contributed by atoms with Crippen LogP contribution in [0.15, 0.2) is 12.2 Å². The van der Waals surface area contributed by atoms with Gasteiger partial charge in [-0.2, -0.15) is 0 Å². The summed E-state index contributed by atoms with van der Waals surface area (Å²) in [7, 11) is 1.31. The first-order chi connectivity index (χ1) is 5.57. The van der Waals surface area contributed by atoms with Crippen molar-refractivity contribution in [2.45, 2.75) is 13.3 Å². The third kappa shape index (κ3) is 4.49. The molecule has 4 nitrogen and oxygen atoms in total. The van der Waals surface area contributed by atoms with Gasteiger partial charge in [0.15, 0.2) is 0 Å². The second kappa shape index (κ2) is 5.35. The highest BCUT2D eigenvalue weighted by Crippen LogP contribution is 2.04. The van der Waals surface area contributed by atoms with Gasteiger partial charge in [0.25, 0.3) is 0 Å². The van der Waals surface area contributed by atoms with E-state index < -0.39 is 5.97 Å². The van der Waals surface area contributed by atoms with Crippen molar-refractivity contribution in [1.82, 2.24) is 0 Å². The topological polar surface area (TPSA) is 63.6 Å². The highest BCUT2D eigenvalue weighted by molar-refractivity contribution is 5.80. The fourth-order valence-electron chi connectivity index (χ4n) is 0.670. The summed E-state index contributed by atoms with van der Waals surface area (Å²) >= 11 is 0. The Bertz CT molecular complexity index is 195. The van der Waals surface area contributed by atoms with Gasteiger partial charge in [-0.25, -0.2) is 4.79 Å². The first-order valence-electron chi connectivity index (χ1n) is 3.55. The summed E-state index contributed by atoms with van der Waals surface area (Å²) in [5.41, 5.74) is 0. The lowest BCUT2D eigenvalue weighted by atomic mass is 10.1. The van der Waals surface area contributed by atoms with Crippen molar-refractivity contribution in [1.29, 1.82) is 0 Å². The van der Waals surface area contributed by atoms with Crippen molar-refractivity contribution in [2.75, 3.05) is 7.11 Å². The van der Waals surface area contributed by atoms with Crippen LogP contribution in [0, 0.1) is 5.92 Å². The van der Waals surface area contributed by atoms with Crippen molar-refractivity contribution in [3.8, 4) is 0 Å². The average Bonchev–Trinajstić information content (AvgIpc) is 2.02. The number of carboxylic acid groups (broad SMARTS) is 1. The molecular weight excluding hydrogens is 160 g/mol. The predicted molar refractivity (Wildman–Crippen MR) is 42.6 cm³/mol. The molecule has 0 spiro atoms. The van der Waals surface area contributed by atoms with Gasteiger partial charge >= 0.3 is 11.9 Å². The van der Waals surface area contributed by atoms with Crippen LogP contribution in [0.3, 0.4) is 0 Å². The zero-order chi connectivity index (χ0) is 9.56. The standard InChI is InChI=1S/C8H12O4/c1-6(8(11)12-2)4-3-5-7(9)10/h3,5-6H,4H2,1-2H3,(H,9,10)/b5-3+. The third-order valence-corrected chi connectivity index (χ3v) is 1.35. The van der Waals surface area contributed by atoms with Crippen LogP contribution in [0.2, 0.25) is 0 Å². The summed E-state index contributed by atoms with van der Waals surface area (Å²) in [5, 5.41) is 8.22. The van der Waals surface area contributed by atoms with Gasteiger partial charge in [-0.05, 0) is 6.42 Å². The zero-order valence-corrected chi connectivity index (χ0v) is 7.11. The number of carbonyl (C=O) groups excluding carboxylic acids is 1. The SMILES string of the molecule is COC(=O)C(C)C/C=C/C(=O)O. The second-order valence-electron chi connectivity index (χ2n) is 2.40. The zero-order valence-electron chi connectivity index (χ0n) is 7.11. The fraction of sp³-hybridized carbons (Fsp3) is 0.500. The molecule has 0 aliphatic heterocycles. The van der Waals surface area contributed by atoms with Crippen LogP contribution in [0.25, 0.3) is 0 Å². The van der Waals surface area contributed by atoms with E-state index >= 15 is 0 Å². The number of carbonyl (C=O) groups is 2. The summed E-state index contributed by atoms with van der Waals surface area (Å²) in [6.07, 6.45) is 2.84. The first-order valence-corrected chi connectivity index (χ1v) is 3.55. The fourth-order valence-corrected chi connectivity index (χ4v) is 0.670. The number of aliphatic carboxylic acids is 1. The molecule has 0 amide bonds. The molecule has 1 unspecified atom stereocenters. The minimum absolute atomic E-state index is 0.286. The van der Waals surface area contributed by atoms with Crippen molar-refractivity contribution < 1.29 is 19.4 Å². The van der Waals surface area contributed by atoms with E-state index in [4.69, 9.17) is 5.11 Å². The highest BCUT2D eigenvalue weighted by Gasteiger charge is 2.10. The first kappa shape index (κ1) is 10.7. The monoisotopic (exact) mass is 172 g/mol. The van der Waals surface area contributed by atoms with Gasteiger partial charge in [0, 0.05) is 6.08 Å². The average molecular weight is 172 g/mol. The minimum Gasteiger partial charge on any atom is -0.478 e. The summed E-state index contributed by atoms with van der Waals surface area (Å²) in [5.74, 6) is -1.62. The van der Waals surface area contributed by atoms with E-state index in [0.717, 1.165) is 6.08 Å². The summed E-state index contributed by atoms with van der Waals surface area (Å²) in [6, 6.07) is 0. The Morgan fingerprint density at radius 3 is 2.58 bits per heavy atom. The molecule has 12 heavy (non-hydrogen) atoms. The molecule has 0 saturated heterocycles. The number of rotatable bonds is 4. The molecule has 0 bridgehead atoms. The Hall–Kier alpha value is -1.32. The molecule has 0 aromatic rings. The number of esters is 1. The van der Waals surface area contributed by atoms with Crippen LogP contribution in [0.5, 0.6) is 0 Å². The van der Waals surface area contributed by atoms with Gasteiger partial charge in [-0.1, -0.05) is 13.0 Å². The quantitative estimate of drug-likeness (QED) is 0.503. The second-order valence-corrected chi connectivity index (χ2v) is 2.40. The Morgan fingerprint density at radius 2 is 2.17 bits per heavy atom. The van der Waals surface area contributed by atoms with Gasteiger partial charge in [0.1, 0.15) is 0 Å². The van der Waals surface area contributed by atoms with Crippen LogP contribution in [-0.4, -0.2) is 24.2 Å². The Labute approximate surface area is 70.8 Å². The van der Waals surface area contributed by atoms with Crippen LogP contribution in [0.4, 0.5) is 0 Å². The lowest BCUT2D eigenvalue weighted by Crippen LogP contribution is -2.11. The van der Waals surface area contributed by atoms with E-state index in [0.29, 0.717) is 6.42 Å². The van der Waals surface area contributed by atoms with Crippen molar-refractivity contribution in [3.05, 3.63) is 12.2 Å². The lowest BCUT2D eigenvalue weighted by molar-refractivity contribution is -0.144. The Morgan fingerprint density at radius 1 is 1.58 bits per heavy atom. The molecule has 4 heteroatoms. The molecular formula is C8H12O4. The van der Waals surface area contributed by atoms with E-state index in [1.54, 1.807) is 6.92 Å². The van der Waals surface area contributed by atoms with Gasteiger partial charge in [-0.15, -0.1) is 0 Å². The number of hydrogen-bond acceptors (Lipinski definition) is 3. The van der Waals surface area contributed by atoms with Crippen LogP contribution < -0.4 is 0 Å². The van der Waals surface area contributed by atoms with Crippen LogP contribution in [-0.2, 0) is 14.3 Å². The lowest BCUT2D eigenvalue weighted by Gasteiger charge is -2.04.